The minimum atomic E-state index is -4.70. The summed E-state index contributed by atoms with van der Waals surface area (Å²) in [6, 6.07) is 13.3. The molecule has 0 atom stereocenters. The molecule has 0 aliphatic carbocycles. The third-order valence-corrected chi connectivity index (χ3v) is 5.66. The van der Waals surface area contributed by atoms with Crippen LogP contribution in [0.2, 0.25) is 0 Å². The van der Waals surface area contributed by atoms with Gasteiger partial charge in [-0.05, 0) is 16.3 Å². The van der Waals surface area contributed by atoms with Gasteiger partial charge >= 0.3 is 6.18 Å². The lowest BCUT2D eigenvalue weighted by atomic mass is 10.1. The van der Waals surface area contributed by atoms with Gasteiger partial charge in [0.25, 0.3) is 0 Å². The molecule has 3 N–H and O–H groups in total. The molecule has 30 heavy (non-hydrogen) atoms. The molecular weight excluding hydrogens is 417 g/mol. The fourth-order valence-corrected chi connectivity index (χ4v) is 4.46. The van der Waals surface area contributed by atoms with Gasteiger partial charge < -0.3 is 11.1 Å². The first-order valence-electron chi connectivity index (χ1n) is 8.84. The number of aromatic nitrogens is 2. The number of benzene rings is 2. The van der Waals surface area contributed by atoms with Crippen LogP contribution in [0, 0.1) is 0 Å². The maximum atomic E-state index is 13.5. The first-order valence-corrected chi connectivity index (χ1v) is 9.66. The van der Waals surface area contributed by atoms with Crippen molar-refractivity contribution in [2.45, 2.75) is 19.0 Å². The van der Waals surface area contributed by atoms with Crippen LogP contribution in [0.25, 0.3) is 15.6 Å². The number of nitrogens with two attached hydrogens (primary N) is 1. The van der Waals surface area contributed by atoms with Crippen molar-refractivity contribution in [1.82, 2.24) is 9.38 Å². The average Bonchev–Trinajstić information content (AvgIpc) is 3.19. The highest BCUT2D eigenvalue weighted by molar-refractivity contribution is 7.18. The molecule has 2 heterocycles. The maximum Gasteiger partial charge on any atom is 0.432 e. The standard InChI is InChI=1S/C20H15F3N4O2S/c21-20(22,23)17-14(9-15(24)28)30-19-18(25-10-27(17)19)26-16(29)8-11-5-6-12-3-1-2-4-13(12)7-11/h1-7,10H,8-9H2,(H2,24,28)(H,26,29). The van der Waals surface area contributed by atoms with E-state index >= 15 is 0 Å². The van der Waals surface area contributed by atoms with Crippen LogP contribution in [0.15, 0.2) is 48.8 Å². The Labute approximate surface area is 172 Å². The molecular formula is C20H15F3N4O2S. The molecule has 0 radical (unpaired) electrons. The number of thiazole rings is 1. The number of alkyl halides is 3. The van der Waals surface area contributed by atoms with Gasteiger partial charge in [0.05, 0.1) is 12.8 Å². The first kappa shape index (κ1) is 19.9. The number of carbonyl (C=O) groups excluding carboxylic acids is 2. The van der Waals surface area contributed by atoms with Crippen LogP contribution in [-0.4, -0.2) is 21.2 Å². The SMILES string of the molecule is NC(=O)Cc1sc2c(NC(=O)Cc3ccc4ccccc4c3)ncn2c1C(F)(F)F. The number of nitrogens with one attached hydrogen (secondary N) is 1. The Morgan fingerprint density at radius 2 is 1.83 bits per heavy atom. The van der Waals surface area contributed by atoms with Gasteiger partial charge in [-0.2, -0.15) is 13.2 Å². The molecule has 2 aromatic heterocycles. The number of halogens is 3. The number of rotatable bonds is 5. The molecule has 0 unspecified atom stereocenters. The molecule has 2 amide bonds. The van der Waals surface area contributed by atoms with Crippen molar-refractivity contribution in [2.24, 2.45) is 5.73 Å². The van der Waals surface area contributed by atoms with E-state index in [2.05, 4.69) is 10.3 Å². The molecule has 0 aliphatic heterocycles. The maximum absolute atomic E-state index is 13.5. The zero-order valence-corrected chi connectivity index (χ0v) is 16.2. The van der Waals surface area contributed by atoms with Crippen LogP contribution in [-0.2, 0) is 28.6 Å². The van der Waals surface area contributed by atoms with Crippen LogP contribution in [0.1, 0.15) is 16.1 Å². The van der Waals surface area contributed by atoms with Gasteiger partial charge in [0.2, 0.25) is 11.8 Å². The van der Waals surface area contributed by atoms with E-state index in [4.69, 9.17) is 5.73 Å². The Balaban J connectivity index is 1.60. The Morgan fingerprint density at radius 1 is 1.10 bits per heavy atom. The zero-order chi connectivity index (χ0) is 21.5. The van der Waals surface area contributed by atoms with Crippen molar-refractivity contribution in [3.63, 3.8) is 0 Å². The van der Waals surface area contributed by atoms with Gasteiger partial charge in [0.15, 0.2) is 5.82 Å². The smallest absolute Gasteiger partial charge is 0.369 e. The fraction of sp³-hybridized carbons (Fsp3) is 0.150. The molecule has 4 rings (SSSR count). The molecule has 0 saturated heterocycles. The van der Waals surface area contributed by atoms with Crippen molar-refractivity contribution >= 4 is 44.6 Å². The van der Waals surface area contributed by atoms with Crippen molar-refractivity contribution < 1.29 is 22.8 Å². The summed E-state index contributed by atoms with van der Waals surface area (Å²) in [5, 5.41) is 4.59. The number of primary amides is 1. The van der Waals surface area contributed by atoms with Crippen LogP contribution in [0.3, 0.4) is 0 Å². The Bertz CT molecular complexity index is 1280. The molecule has 0 bridgehead atoms. The van der Waals surface area contributed by atoms with Gasteiger partial charge in [0, 0.05) is 4.88 Å². The Kier molecular flexibility index (Phi) is 4.94. The number of nitrogens with zero attached hydrogens (tertiary/aromatic N) is 2. The van der Waals surface area contributed by atoms with E-state index < -0.39 is 30.1 Å². The van der Waals surface area contributed by atoms with Crippen LogP contribution < -0.4 is 11.1 Å². The van der Waals surface area contributed by atoms with Crippen molar-refractivity contribution in [1.29, 1.82) is 0 Å². The largest absolute Gasteiger partial charge is 0.432 e. The minimum Gasteiger partial charge on any atom is -0.369 e. The van der Waals surface area contributed by atoms with Crippen LogP contribution in [0.5, 0.6) is 0 Å². The van der Waals surface area contributed by atoms with E-state index in [9.17, 15) is 22.8 Å². The van der Waals surface area contributed by atoms with E-state index in [0.717, 1.165) is 38.4 Å². The second kappa shape index (κ2) is 7.45. The number of carbonyl (C=O) groups is 2. The Hall–Kier alpha value is -3.40. The van der Waals surface area contributed by atoms with Crippen LogP contribution in [0.4, 0.5) is 19.0 Å². The molecule has 154 valence electrons. The van der Waals surface area contributed by atoms with Gasteiger partial charge in [0.1, 0.15) is 16.9 Å². The predicted octanol–water partition coefficient (Wildman–Crippen LogP) is 3.78. The molecule has 4 aromatic rings. The van der Waals surface area contributed by atoms with Gasteiger partial charge in [-0.15, -0.1) is 11.3 Å². The highest BCUT2D eigenvalue weighted by atomic mass is 32.1. The number of amides is 2. The lowest BCUT2D eigenvalue weighted by molar-refractivity contribution is -0.142. The second-order valence-electron chi connectivity index (χ2n) is 6.69. The highest BCUT2D eigenvalue weighted by Gasteiger charge is 2.39. The van der Waals surface area contributed by atoms with E-state index in [-0.39, 0.29) is 21.9 Å². The zero-order valence-electron chi connectivity index (χ0n) is 15.4. The molecule has 0 spiro atoms. The van der Waals surface area contributed by atoms with Crippen molar-refractivity contribution in [3.05, 3.63) is 64.9 Å². The van der Waals surface area contributed by atoms with Crippen molar-refractivity contribution in [2.75, 3.05) is 5.32 Å². The third kappa shape index (κ3) is 3.86. The van der Waals surface area contributed by atoms with Gasteiger partial charge in [-0.25, -0.2) is 4.98 Å². The van der Waals surface area contributed by atoms with Crippen molar-refractivity contribution in [3.8, 4) is 0 Å². The highest BCUT2D eigenvalue weighted by Crippen LogP contribution is 2.39. The molecule has 6 nitrogen and oxygen atoms in total. The lowest BCUT2D eigenvalue weighted by Crippen LogP contribution is -2.17. The summed E-state index contributed by atoms with van der Waals surface area (Å²) in [6.07, 6.45) is -4.23. The summed E-state index contributed by atoms with van der Waals surface area (Å²) < 4.78 is 41.2. The Morgan fingerprint density at radius 3 is 2.53 bits per heavy atom. The normalized spacial score (nSPS) is 11.8. The number of imidazole rings is 1. The topological polar surface area (TPSA) is 89.5 Å². The summed E-state index contributed by atoms with van der Waals surface area (Å²) in [5.74, 6) is -1.28. The van der Waals surface area contributed by atoms with E-state index in [1.807, 2.05) is 42.5 Å². The summed E-state index contributed by atoms with van der Waals surface area (Å²) in [6.45, 7) is 0. The van der Waals surface area contributed by atoms with E-state index in [1.165, 1.54) is 0 Å². The number of hydrogen-bond donors (Lipinski definition) is 2. The summed E-state index contributed by atoms with van der Waals surface area (Å²) in [4.78, 5) is 27.4. The average molecular weight is 432 g/mol. The molecule has 0 saturated carbocycles. The quantitative estimate of drug-likeness (QED) is 0.503. The lowest BCUT2D eigenvalue weighted by Gasteiger charge is -2.07. The molecule has 2 aromatic carbocycles. The van der Waals surface area contributed by atoms with Gasteiger partial charge in [-0.3, -0.25) is 14.0 Å². The number of fused-ring (bicyclic) bond motifs is 2. The summed E-state index contributed by atoms with van der Waals surface area (Å²) in [5.41, 5.74) is 4.83. The monoisotopic (exact) mass is 432 g/mol. The predicted molar refractivity (Wildman–Crippen MR) is 107 cm³/mol. The van der Waals surface area contributed by atoms with E-state index in [0.29, 0.717) is 0 Å². The van der Waals surface area contributed by atoms with Gasteiger partial charge in [-0.1, -0.05) is 42.5 Å². The fourth-order valence-electron chi connectivity index (χ4n) is 3.26. The van der Waals surface area contributed by atoms with E-state index in [1.54, 1.807) is 0 Å². The summed E-state index contributed by atoms with van der Waals surface area (Å²) >= 11 is 0.727. The first-order chi connectivity index (χ1) is 14.2. The summed E-state index contributed by atoms with van der Waals surface area (Å²) in [7, 11) is 0. The number of anilines is 1. The minimum absolute atomic E-state index is 0.00649. The second-order valence-corrected chi connectivity index (χ2v) is 7.77. The van der Waals surface area contributed by atoms with Crippen LogP contribution >= 0.6 is 11.3 Å². The third-order valence-electron chi connectivity index (χ3n) is 4.49. The molecule has 10 heteroatoms. The number of hydrogen-bond acceptors (Lipinski definition) is 4. The molecule has 0 aliphatic rings. The molecule has 0 fully saturated rings.